The maximum Gasteiger partial charge on any atom is 0.255 e. The second-order valence-corrected chi connectivity index (χ2v) is 6.10. The van der Waals surface area contributed by atoms with E-state index in [9.17, 15) is 9.59 Å². The summed E-state index contributed by atoms with van der Waals surface area (Å²) in [5, 5.41) is 5.99. The van der Waals surface area contributed by atoms with E-state index >= 15 is 0 Å². The quantitative estimate of drug-likeness (QED) is 0.664. The minimum Gasteiger partial charge on any atom is -0.497 e. The third-order valence-corrected chi connectivity index (χ3v) is 4.19. The molecular weight excluding hydrogens is 364 g/mol. The van der Waals surface area contributed by atoms with Crippen LogP contribution in [0, 0.1) is 0 Å². The van der Waals surface area contributed by atoms with E-state index in [0.29, 0.717) is 33.3 Å². The van der Waals surface area contributed by atoms with E-state index in [4.69, 9.17) is 16.3 Å². The highest BCUT2D eigenvalue weighted by Crippen LogP contribution is 2.22. The molecule has 0 aliphatic rings. The summed E-state index contributed by atoms with van der Waals surface area (Å²) in [5.41, 5.74) is 1.93. The first kappa shape index (κ1) is 18.5. The molecule has 3 aromatic rings. The molecule has 0 saturated carbocycles. The van der Waals surface area contributed by atoms with Crippen molar-refractivity contribution in [3.8, 4) is 5.75 Å². The van der Waals surface area contributed by atoms with Crippen molar-refractivity contribution in [3.05, 3.63) is 88.9 Å². The molecule has 2 N–H and O–H groups in total. The van der Waals surface area contributed by atoms with Gasteiger partial charge in [0.2, 0.25) is 0 Å². The Hall–Kier alpha value is -3.31. The maximum atomic E-state index is 12.4. The van der Waals surface area contributed by atoms with Crippen LogP contribution >= 0.6 is 11.6 Å². The standard InChI is InChI=1S/C21H17ClN2O3/c1-27-17-11-9-14(10-12-17)20(25)23-16-6-4-5-15(13-16)21(26)24-19-8-3-2-7-18(19)22/h2-13H,1H3,(H,23,25)(H,24,26). The number of ether oxygens (including phenoxy) is 1. The van der Waals surface area contributed by atoms with Gasteiger partial charge in [0.05, 0.1) is 17.8 Å². The summed E-state index contributed by atoms with van der Waals surface area (Å²) in [6.07, 6.45) is 0. The third kappa shape index (κ3) is 4.65. The first-order valence-electron chi connectivity index (χ1n) is 8.18. The molecule has 0 saturated heterocycles. The first-order chi connectivity index (χ1) is 13.1. The van der Waals surface area contributed by atoms with E-state index in [1.54, 1.807) is 79.9 Å². The van der Waals surface area contributed by atoms with Gasteiger partial charge in [0, 0.05) is 16.8 Å². The Kier molecular flexibility index (Phi) is 5.74. The van der Waals surface area contributed by atoms with E-state index in [2.05, 4.69) is 10.6 Å². The summed E-state index contributed by atoms with van der Waals surface area (Å²) < 4.78 is 5.08. The van der Waals surface area contributed by atoms with Gasteiger partial charge in [-0.05, 0) is 54.6 Å². The molecule has 0 bridgehead atoms. The fourth-order valence-electron chi connectivity index (χ4n) is 2.44. The van der Waals surface area contributed by atoms with Crippen LogP contribution in [0.4, 0.5) is 11.4 Å². The lowest BCUT2D eigenvalue weighted by Gasteiger charge is -2.09. The molecule has 3 rings (SSSR count). The molecule has 6 heteroatoms. The van der Waals surface area contributed by atoms with Gasteiger partial charge in [0.25, 0.3) is 11.8 Å². The third-order valence-electron chi connectivity index (χ3n) is 3.86. The van der Waals surface area contributed by atoms with Crippen molar-refractivity contribution in [1.82, 2.24) is 0 Å². The number of hydrogen-bond donors (Lipinski definition) is 2. The number of hydrogen-bond acceptors (Lipinski definition) is 3. The molecular formula is C21H17ClN2O3. The lowest BCUT2D eigenvalue weighted by Crippen LogP contribution is -2.14. The van der Waals surface area contributed by atoms with Crippen molar-refractivity contribution < 1.29 is 14.3 Å². The van der Waals surface area contributed by atoms with Gasteiger partial charge in [-0.25, -0.2) is 0 Å². The highest BCUT2D eigenvalue weighted by Gasteiger charge is 2.11. The van der Waals surface area contributed by atoms with Crippen LogP contribution in [0.3, 0.4) is 0 Å². The van der Waals surface area contributed by atoms with Gasteiger partial charge in [-0.2, -0.15) is 0 Å². The highest BCUT2D eigenvalue weighted by molar-refractivity contribution is 6.33. The van der Waals surface area contributed by atoms with Gasteiger partial charge >= 0.3 is 0 Å². The number of benzene rings is 3. The van der Waals surface area contributed by atoms with Crippen LogP contribution in [-0.4, -0.2) is 18.9 Å². The second-order valence-electron chi connectivity index (χ2n) is 5.70. The van der Waals surface area contributed by atoms with Gasteiger partial charge < -0.3 is 15.4 Å². The number of halogens is 1. The predicted molar refractivity (Wildman–Crippen MR) is 107 cm³/mol. The molecule has 0 fully saturated rings. The van der Waals surface area contributed by atoms with E-state index in [1.807, 2.05) is 0 Å². The van der Waals surface area contributed by atoms with Crippen LogP contribution in [-0.2, 0) is 0 Å². The number of amides is 2. The molecule has 0 radical (unpaired) electrons. The molecule has 5 nitrogen and oxygen atoms in total. The maximum absolute atomic E-state index is 12.4. The predicted octanol–water partition coefficient (Wildman–Crippen LogP) is 4.85. The average molecular weight is 381 g/mol. The fraction of sp³-hybridized carbons (Fsp3) is 0.0476. The number of rotatable bonds is 5. The van der Waals surface area contributed by atoms with Crippen LogP contribution in [0.1, 0.15) is 20.7 Å². The summed E-state index contributed by atoms with van der Waals surface area (Å²) in [7, 11) is 1.56. The number of nitrogens with one attached hydrogen (secondary N) is 2. The average Bonchev–Trinajstić information content (AvgIpc) is 2.70. The molecule has 0 aliphatic carbocycles. The molecule has 0 atom stereocenters. The van der Waals surface area contributed by atoms with E-state index < -0.39 is 0 Å². The van der Waals surface area contributed by atoms with E-state index in [-0.39, 0.29) is 11.8 Å². The van der Waals surface area contributed by atoms with Crippen LogP contribution in [0.25, 0.3) is 0 Å². The fourth-order valence-corrected chi connectivity index (χ4v) is 2.62. The molecule has 3 aromatic carbocycles. The smallest absolute Gasteiger partial charge is 0.255 e. The SMILES string of the molecule is COc1ccc(C(=O)Nc2cccc(C(=O)Nc3ccccc3Cl)c2)cc1. The number of para-hydroxylation sites is 1. The highest BCUT2D eigenvalue weighted by atomic mass is 35.5. The van der Waals surface area contributed by atoms with Crippen molar-refractivity contribution in [2.24, 2.45) is 0 Å². The monoisotopic (exact) mass is 380 g/mol. The topological polar surface area (TPSA) is 67.4 Å². The lowest BCUT2D eigenvalue weighted by atomic mass is 10.1. The normalized spacial score (nSPS) is 10.1. The molecule has 0 aromatic heterocycles. The molecule has 136 valence electrons. The summed E-state index contributed by atoms with van der Waals surface area (Å²) in [5.74, 6) is 0.0785. The molecule has 27 heavy (non-hydrogen) atoms. The van der Waals surface area contributed by atoms with Crippen LogP contribution < -0.4 is 15.4 Å². The second kappa shape index (κ2) is 8.38. The van der Waals surface area contributed by atoms with Crippen LogP contribution in [0.5, 0.6) is 5.75 Å². The molecule has 0 heterocycles. The first-order valence-corrected chi connectivity index (χ1v) is 8.56. The van der Waals surface area contributed by atoms with Crippen molar-refractivity contribution >= 4 is 34.8 Å². The summed E-state index contributed by atoms with van der Waals surface area (Å²) in [4.78, 5) is 24.8. The van der Waals surface area contributed by atoms with Crippen molar-refractivity contribution in [2.75, 3.05) is 17.7 Å². The number of carbonyl (C=O) groups excluding carboxylic acids is 2. The van der Waals surface area contributed by atoms with Gasteiger partial charge in [0.1, 0.15) is 5.75 Å². The van der Waals surface area contributed by atoms with Gasteiger partial charge in [-0.15, -0.1) is 0 Å². The van der Waals surface area contributed by atoms with Crippen LogP contribution in [0.15, 0.2) is 72.8 Å². The minimum atomic E-state index is -0.316. The number of carbonyl (C=O) groups is 2. The zero-order chi connectivity index (χ0) is 19.2. The van der Waals surface area contributed by atoms with Gasteiger partial charge in [-0.3, -0.25) is 9.59 Å². The Morgan fingerprint density at radius 3 is 2.22 bits per heavy atom. The van der Waals surface area contributed by atoms with Crippen molar-refractivity contribution in [1.29, 1.82) is 0 Å². The van der Waals surface area contributed by atoms with Gasteiger partial charge in [-0.1, -0.05) is 29.8 Å². The van der Waals surface area contributed by atoms with Crippen LogP contribution in [0.2, 0.25) is 5.02 Å². The summed E-state index contributed by atoms with van der Waals surface area (Å²) in [6.45, 7) is 0. The lowest BCUT2D eigenvalue weighted by molar-refractivity contribution is 0.101. The zero-order valence-corrected chi connectivity index (χ0v) is 15.3. The Bertz CT molecular complexity index is 971. The van der Waals surface area contributed by atoms with Gasteiger partial charge in [0.15, 0.2) is 0 Å². The Morgan fingerprint density at radius 1 is 0.815 bits per heavy atom. The number of anilines is 2. The van der Waals surface area contributed by atoms with Crippen molar-refractivity contribution in [3.63, 3.8) is 0 Å². The molecule has 0 aliphatic heterocycles. The summed E-state index contributed by atoms with van der Waals surface area (Å²) in [6, 6.07) is 20.4. The molecule has 0 unspecified atom stereocenters. The molecule has 0 spiro atoms. The Balaban J connectivity index is 1.72. The minimum absolute atomic E-state index is 0.277. The number of methoxy groups -OCH3 is 1. The molecule has 2 amide bonds. The Labute approximate surface area is 161 Å². The van der Waals surface area contributed by atoms with E-state index in [0.717, 1.165) is 0 Å². The Morgan fingerprint density at radius 2 is 1.52 bits per heavy atom. The van der Waals surface area contributed by atoms with E-state index in [1.165, 1.54) is 0 Å². The zero-order valence-electron chi connectivity index (χ0n) is 14.5. The largest absolute Gasteiger partial charge is 0.497 e. The van der Waals surface area contributed by atoms with Crippen molar-refractivity contribution in [2.45, 2.75) is 0 Å². The summed E-state index contributed by atoms with van der Waals surface area (Å²) >= 11 is 6.06.